The predicted octanol–water partition coefficient (Wildman–Crippen LogP) is 4.69. The van der Waals surface area contributed by atoms with Gasteiger partial charge in [0, 0.05) is 17.1 Å². The molecule has 1 N–H and O–H groups in total. The minimum atomic E-state index is 0.591. The van der Waals surface area contributed by atoms with Crippen molar-refractivity contribution in [3.05, 3.63) is 59.5 Å². The van der Waals surface area contributed by atoms with Crippen molar-refractivity contribution in [2.75, 3.05) is 19.5 Å². The van der Waals surface area contributed by atoms with Crippen LogP contribution in [0.15, 0.2) is 48.0 Å². The summed E-state index contributed by atoms with van der Waals surface area (Å²) in [5, 5.41) is 6.53. The number of ether oxygens (including phenoxy) is 2. The molecule has 28 heavy (non-hydrogen) atoms. The molecule has 0 radical (unpaired) electrons. The molecule has 7 heteroatoms. The van der Waals surface area contributed by atoms with Gasteiger partial charge >= 0.3 is 0 Å². The molecular formula is C21H20N4O2S. The smallest absolute Gasteiger partial charge is 0.161 e. The van der Waals surface area contributed by atoms with E-state index in [4.69, 9.17) is 9.47 Å². The fourth-order valence-electron chi connectivity index (χ4n) is 3.07. The first-order valence-electron chi connectivity index (χ1n) is 8.81. The van der Waals surface area contributed by atoms with Gasteiger partial charge in [-0.05, 0) is 36.8 Å². The molecule has 4 aromatic rings. The summed E-state index contributed by atoms with van der Waals surface area (Å²) in [7, 11) is 3.27. The van der Waals surface area contributed by atoms with E-state index in [0.717, 1.165) is 38.7 Å². The Bertz CT molecular complexity index is 1110. The molecule has 0 aliphatic carbocycles. The van der Waals surface area contributed by atoms with Gasteiger partial charge in [0.25, 0.3) is 0 Å². The van der Waals surface area contributed by atoms with Crippen molar-refractivity contribution in [3.63, 3.8) is 0 Å². The van der Waals surface area contributed by atoms with Crippen LogP contribution in [0.4, 0.5) is 5.82 Å². The van der Waals surface area contributed by atoms with Gasteiger partial charge in [-0.3, -0.25) is 4.98 Å². The van der Waals surface area contributed by atoms with Gasteiger partial charge in [-0.1, -0.05) is 12.1 Å². The molecule has 0 unspecified atom stereocenters. The number of nitrogens with one attached hydrogen (secondary N) is 1. The zero-order valence-electron chi connectivity index (χ0n) is 15.9. The molecular weight excluding hydrogens is 372 g/mol. The second-order valence-electron chi connectivity index (χ2n) is 6.19. The normalized spacial score (nSPS) is 10.8. The van der Waals surface area contributed by atoms with E-state index < -0.39 is 0 Å². The first-order chi connectivity index (χ1) is 13.7. The number of pyridine rings is 1. The fourth-order valence-corrected chi connectivity index (χ4v) is 4.06. The molecule has 0 spiro atoms. The van der Waals surface area contributed by atoms with Crippen molar-refractivity contribution in [1.29, 1.82) is 0 Å². The molecule has 3 heterocycles. The summed E-state index contributed by atoms with van der Waals surface area (Å²) < 4.78 is 10.8. The van der Waals surface area contributed by atoms with E-state index in [1.165, 1.54) is 0 Å². The van der Waals surface area contributed by atoms with Gasteiger partial charge < -0.3 is 14.8 Å². The monoisotopic (exact) mass is 392 g/mol. The fraction of sp³-hybridized carbons (Fsp3) is 0.190. The minimum absolute atomic E-state index is 0.591. The third-order valence-electron chi connectivity index (χ3n) is 4.40. The number of fused-ring (bicyclic) bond motifs is 1. The lowest BCUT2D eigenvalue weighted by Gasteiger charge is -2.11. The molecule has 0 aliphatic heterocycles. The summed E-state index contributed by atoms with van der Waals surface area (Å²) in [4.78, 5) is 14.6. The second-order valence-corrected chi connectivity index (χ2v) is 7.05. The minimum Gasteiger partial charge on any atom is -0.493 e. The highest BCUT2D eigenvalue weighted by Crippen LogP contribution is 2.40. The highest BCUT2D eigenvalue weighted by atomic mass is 32.1. The lowest BCUT2D eigenvalue weighted by atomic mass is 10.1. The van der Waals surface area contributed by atoms with Crippen LogP contribution in [-0.2, 0) is 6.54 Å². The molecule has 0 saturated heterocycles. The Labute approximate surface area is 167 Å². The summed E-state index contributed by atoms with van der Waals surface area (Å²) in [6.45, 7) is 2.49. The first kappa shape index (κ1) is 18.2. The van der Waals surface area contributed by atoms with Gasteiger partial charge in [-0.25, -0.2) is 9.97 Å². The average Bonchev–Trinajstić information content (AvgIpc) is 3.16. The number of anilines is 1. The van der Waals surface area contributed by atoms with E-state index in [2.05, 4.69) is 25.6 Å². The van der Waals surface area contributed by atoms with Gasteiger partial charge in [0.05, 0.1) is 31.8 Å². The maximum Gasteiger partial charge on any atom is 0.161 e. The Kier molecular flexibility index (Phi) is 5.08. The SMILES string of the molecule is COc1ccc(-c2csc3nc(C)nc(NCc4ccccn4)c23)cc1OC. The molecule has 3 aromatic heterocycles. The Hall–Kier alpha value is -3.19. The average molecular weight is 392 g/mol. The van der Waals surface area contributed by atoms with Crippen LogP contribution in [0.2, 0.25) is 0 Å². The van der Waals surface area contributed by atoms with Crippen molar-refractivity contribution in [1.82, 2.24) is 15.0 Å². The first-order valence-corrected chi connectivity index (χ1v) is 9.69. The van der Waals surface area contributed by atoms with Crippen LogP contribution in [0.3, 0.4) is 0 Å². The van der Waals surface area contributed by atoms with Crippen molar-refractivity contribution < 1.29 is 9.47 Å². The van der Waals surface area contributed by atoms with Crippen LogP contribution in [0.5, 0.6) is 11.5 Å². The summed E-state index contributed by atoms with van der Waals surface area (Å²) in [5.74, 6) is 2.93. The van der Waals surface area contributed by atoms with Gasteiger partial charge in [0.2, 0.25) is 0 Å². The number of methoxy groups -OCH3 is 2. The third-order valence-corrected chi connectivity index (χ3v) is 5.28. The summed E-state index contributed by atoms with van der Waals surface area (Å²) in [6.07, 6.45) is 1.79. The summed E-state index contributed by atoms with van der Waals surface area (Å²) >= 11 is 1.60. The van der Waals surface area contributed by atoms with E-state index in [1.54, 1.807) is 31.8 Å². The predicted molar refractivity (Wildman–Crippen MR) is 112 cm³/mol. The molecule has 0 fully saturated rings. The number of aromatic nitrogens is 3. The Balaban J connectivity index is 1.78. The molecule has 0 bridgehead atoms. The lowest BCUT2D eigenvalue weighted by Crippen LogP contribution is -2.05. The molecule has 1 aromatic carbocycles. The number of hydrogen-bond acceptors (Lipinski definition) is 7. The number of nitrogens with zero attached hydrogens (tertiary/aromatic N) is 3. The van der Waals surface area contributed by atoms with E-state index in [-0.39, 0.29) is 0 Å². The van der Waals surface area contributed by atoms with E-state index >= 15 is 0 Å². The molecule has 6 nitrogen and oxygen atoms in total. The maximum atomic E-state index is 5.46. The Morgan fingerprint density at radius 2 is 1.89 bits per heavy atom. The van der Waals surface area contributed by atoms with Crippen LogP contribution in [0.1, 0.15) is 11.5 Å². The number of hydrogen-bond donors (Lipinski definition) is 1. The standard InChI is InChI=1S/C21H20N4O2S/c1-13-24-20(23-11-15-6-4-5-9-22-15)19-16(12-28-21(19)25-13)14-7-8-17(26-2)18(10-14)27-3/h4-10,12H,11H2,1-3H3,(H,23,24,25). The summed E-state index contributed by atoms with van der Waals surface area (Å²) in [6, 6.07) is 11.8. The van der Waals surface area contributed by atoms with E-state index in [0.29, 0.717) is 18.0 Å². The van der Waals surface area contributed by atoms with Crippen LogP contribution in [0, 0.1) is 6.92 Å². The number of thiophene rings is 1. The zero-order valence-corrected chi connectivity index (χ0v) is 16.7. The number of benzene rings is 1. The number of rotatable bonds is 6. The maximum absolute atomic E-state index is 5.46. The van der Waals surface area contributed by atoms with Crippen molar-refractivity contribution >= 4 is 27.4 Å². The van der Waals surface area contributed by atoms with E-state index in [9.17, 15) is 0 Å². The van der Waals surface area contributed by atoms with Crippen LogP contribution >= 0.6 is 11.3 Å². The Morgan fingerprint density at radius 1 is 1.04 bits per heavy atom. The van der Waals surface area contributed by atoms with Gasteiger partial charge in [0.1, 0.15) is 16.5 Å². The second kappa shape index (κ2) is 7.82. The highest BCUT2D eigenvalue weighted by molar-refractivity contribution is 7.17. The quantitative estimate of drug-likeness (QED) is 0.513. The van der Waals surface area contributed by atoms with Gasteiger partial charge in [0.15, 0.2) is 11.5 Å². The summed E-state index contributed by atoms with van der Waals surface area (Å²) in [5.41, 5.74) is 3.04. The van der Waals surface area contributed by atoms with Crippen molar-refractivity contribution in [3.8, 4) is 22.6 Å². The van der Waals surface area contributed by atoms with Crippen molar-refractivity contribution in [2.45, 2.75) is 13.5 Å². The Morgan fingerprint density at radius 3 is 2.64 bits per heavy atom. The van der Waals surface area contributed by atoms with Crippen LogP contribution in [0.25, 0.3) is 21.3 Å². The lowest BCUT2D eigenvalue weighted by molar-refractivity contribution is 0.355. The molecule has 0 aliphatic rings. The zero-order chi connectivity index (χ0) is 19.5. The largest absolute Gasteiger partial charge is 0.493 e. The molecule has 142 valence electrons. The molecule has 4 rings (SSSR count). The van der Waals surface area contributed by atoms with E-state index in [1.807, 2.05) is 43.3 Å². The van der Waals surface area contributed by atoms with Crippen LogP contribution < -0.4 is 14.8 Å². The third kappa shape index (κ3) is 3.48. The van der Waals surface area contributed by atoms with Crippen LogP contribution in [-0.4, -0.2) is 29.2 Å². The van der Waals surface area contributed by atoms with Crippen molar-refractivity contribution in [2.24, 2.45) is 0 Å². The molecule has 0 atom stereocenters. The topological polar surface area (TPSA) is 69.2 Å². The highest BCUT2D eigenvalue weighted by Gasteiger charge is 2.16. The van der Waals surface area contributed by atoms with Gasteiger partial charge in [-0.15, -0.1) is 11.3 Å². The van der Waals surface area contributed by atoms with Gasteiger partial charge in [-0.2, -0.15) is 0 Å². The molecule has 0 amide bonds. The molecule has 0 saturated carbocycles. The number of aryl methyl sites for hydroxylation is 1.